The number of aldehydes is 1. The first-order valence-corrected chi connectivity index (χ1v) is 9.93. The second-order valence-corrected chi connectivity index (χ2v) is 9.24. The zero-order chi connectivity index (χ0) is 16.9. The highest BCUT2D eigenvalue weighted by atomic mass is 16.5. The minimum atomic E-state index is -0.0827. The number of aliphatic hydroxyl groups excluding tert-OH is 1. The largest absolute Gasteiger partial charge is 0.393 e. The Balaban J connectivity index is 1.57. The SMILES string of the molecule is CC12CCC(OCC=O)C=C1CCC1C2CCC2(C)C(O)CCC12. The lowest BCUT2D eigenvalue weighted by Gasteiger charge is -2.58. The van der Waals surface area contributed by atoms with Crippen LogP contribution in [0.4, 0.5) is 0 Å². The van der Waals surface area contributed by atoms with Crippen molar-refractivity contribution < 1.29 is 14.6 Å². The molecule has 3 saturated carbocycles. The van der Waals surface area contributed by atoms with Crippen LogP contribution in [0.1, 0.15) is 65.2 Å². The lowest BCUT2D eigenvalue weighted by atomic mass is 9.47. The van der Waals surface area contributed by atoms with Gasteiger partial charge < -0.3 is 14.6 Å². The molecule has 24 heavy (non-hydrogen) atoms. The van der Waals surface area contributed by atoms with Crippen molar-refractivity contribution in [3.8, 4) is 0 Å². The molecule has 1 N–H and O–H groups in total. The van der Waals surface area contributed by atoms with E-state index in [1.165, 1.54) is 38.5 Å². The van der Waals surface area contributed by atoms with E-state index >= 15 is 0 Å². The first-order valence-electron chi connectivity index (χ1n) is 9.93. The Kier molecular flexibility index (Phi) is 4.16. The molecule has 0 bridgehead atoms. The predicted octanol–water partition coefficient (Wildman–Crippen LogP) is 3.89. The van der Waals surface area contributed by atoms with E-state index in [0.29, 0.717) is 11.3 Å². The van der Waals surface area contributed by atoms with Gasteiger partial charge in [-0.3, -0.25) is 0 Å². The quantitative estimate of drug-likeness (QED) is 0.630. The Hall–Kier alpha value is -0.670. The van der Waals surface area contributed by atoms with Crippen molar-refractivity contribution in [1.82, 2.24) is 0 Å². The molecule has 0 aromatic heterocycles. The highest BCUT2D eigenvalue weighted by Crippen LogP contribution is 2.65. The van der Waals surface area contributed by atoms with Gasteiger partial charge in [0.15, 0.2) is 0 Å². The third-order valence-electron chi connectivity index (χ3n) is 8.40. The second-order valence-electron chi connectivity index (χ2n) is 9.24. The molecule has 3 nitrogen and oxygen atoms in total. The van der Waals surface area contributed by atoms with Gasteiger partial charge in [0.05, 0.1) is 12.2 Å². The number of aliphatic hydroxyl groups is 1. The van der Waals surface area contributed by atoms with E-state index in [1.807, 2.05) is 0 Å². The summed E-state index contributed by atoms with van der Waals surface area (Å²) in [6, 6.07) is 0. The summed E-state index contributed by atoms with van der Waals surface area (Å²) in [5, 5.41) is 10.5. The summed E-state index contributed by atoms with van der Waals surface area (Å²) in [6.07, 6.45) is 12.6. The minimum Gasteiger partial charge on any atom is -0.393 e. The van der Waals surface area contributed by atoms with Crippen LogP contribution in [-0.2, 0) is 9.53 Å². The fraction of sp³-hybridized carbons (Fsp3) is 0.857. The van der Waals surface area contributed by atoms with E-state index in [9.17, 15) is 9.90 Å². The zero-order valence-corrected chi connectivity index (χ0v) is 15.2. The summed E-state index contributed by atoms with van der Waals surface area (Å²) in [4.78, 5) is 10.6. The highest BCUT2D eigenvalue weighted by molar-refractivity contribution is 5.50. The van der Waals surface area contributed by atoms with Gasteiger partial charge in [-0.2, -0.15) is 0 Å². The molecule has 0 aromatic carbocycles. The lowest BCUT2D eigenvalue weighted by Crippen LogP contribution is -2.51. The molecular formula is C21H32O3. The molecule has 3 heteroatoms. The number of allylic oxidation sites excluding steroid dienone is 1. The normalized spacial score (nSPS) is 50.5. The van der Waals surface area contributed by atoms with Crippen LogP contribution in [0, 0.1) is 28.6 Å². The Labute approximate surface area is 145 Å². The molecule has 0 saturated heterocycles. The Morgan fingerprint density at radius 2 is 2.00 bits per heavy atom. The average Bonchev–Trinajstić information content (AvgIpc) is 2.88. The molecule has 134 valence electrons. The maximum absolute atomic E-state index is 10.6. The van der Waals surface area contributed by atoms with Gasteiger partial charge >= 0.3 is 0 Å². The third-order valence-corrected chi connectivity index (χ3v) is 8.40. The van der Waals surface area contributed by atoms with Crippen LogP contribution in [0.25, 0.3) is 0 Å². The zero-order valence-electron chi connectivity index (χ0n) is 15.2. The molecule has 0 radical (unpaired) electrons. The number of carbonyl (C=O) groups excluding carboxylic acids is 1. The fourth-order valence-electron chi connectivity index (χ4n) is 6.96. The van der Waals surface area contributed by atoms with Crippen LogP contribution in [0.2, 0.25) is 0 Å². The number of hydrogen-bond acceptors (Lipinski definition) is 3. The molecule has 4 rings (SSSR count). The minimum absolute atomic E-state index is 0.0827. The summed E-state index contributed by atoms with van der Waals surface area (Å²) in [5.41, 5.74) is 2.08. The van der Waals surface area contributed by atoms with E-state index in [0.717, 1.165) is 31.0 Å². The lowest BCUT2D eigenvalue weighted by molar-refractivity contribution is -0.113. The molecule has 0 spiro atoms. The number of hydrogen-bond donors (Lipinski definition) is 1. The van der Waals surface area contributed by atoms with Gasteiger partial charge in [0, 0.05) is 0 Å². The van der Waals surface area contributed by atoms with Gasteiger partial charge in [-0.15, -0.1) is 0 Å². The van der Waals surface area contributed by atoms with Crippen LogP contribution in [0.3, 0.4) is 0 Å². The average molecular weight is 332 g/mol. The molecule has 4 aliphatic rings. The Morgan fingerprint density at radius 1 is 1.17 bits per heavy atom. The summed E-state index contributed by atoms with van der Waals surface area (Å²) < 4.78 is 5.68. The number of carbonyl (C=O) groups is 1. The van der Waals surface area contributed by atoms with Gasteiger partial charge in [0.25, 0.3) is 0 Å². The molecule has 0 heterocycles. The molecule has 0 amide bonds. The van der Waals surface area contributed by atoms with Crippen molar-refractivity contribution in [2.75, 3.05) is 6.61 Å². The van der Waals surface area contributed by atoms with E-state index in [1.54, 1.807) is 5.57 Å². The highest BCUT2D eigenvalue weighted by Gasteiger charge is 2.58. The van der Waals surface area contributed by atoms with E-state index in [2.05, 4.69) is 19.9 Å². The summed E-state index contributed by atoms with van der Waals surface area (Å²) in [6.45, 7) is 5.05. The molecular weight excluding hydrogens is 300 g/mol. The van der Waals surface area contributed by atoms with E-state index in [-0.39, 0.29) is 24.2 Å². The van der Waals surface area contributed by atoms with Crippen LogP contribution >= 0.6 is 0 Å². The van der Waals surface area contributed by atoms with E-state index in [4.69, 9.17) is 4.74 Å². The smallest absolute Gasteiger partial charge is 0.145 e. The van der Waals surface area contributed by atoms with Crippen LogP contribution in [0.15, 0.2) is 11.6 Å². The van der Waals surface area contributed by atoms with Gasteiger partial charge in [-0.05, 0) is 80.0 Å². The Bertz CT molecular complexity index is 541. The molecule has 4 aliphatic carbocycles. The molecule has 7 atom stereocenters. The van der Waals surface area contributed by atoms with Crippen molar-refractivity contribution in [1.29, 1.82) is 0 Å². The summed E-state index contributed by atoms with van der Waals surface area (Å²) in [5.74, 6) is 2.28. The monoisotopic (exact) mass is 332 g/mol. The van der Waals surface area contributed by atoms with Gasteiger partial charge in [-0.1, -0.05) is 25.5 Å². The molecule has 3 fully saturated rings. The topological polar surface area (TPSA) is 46.5 Å². The first-order chi connectivity index (χ1) is 11.5. The summed E-state index contributed by atoms with van der Waals surface area (Å²) >= 11 is 0. The number of fused-ring (bicyclic) bond motifs is 5. The van der Waals surface area contributed by atoms with Crippen molar-refractivity contribution >= 4 is 6.29 Å². The van der Waals surface area contributed by atoms with Crippen molar-refractivity contribution in [2.45, 2.75) is 77.4 Å². The third kappa shape index (κ3) is 2.34. The van der Waals surface area contributed by atoms with Crippen molar-refractivity contribution in [3.63, 3.8) is 0 Å². The molecule has 7 unspecified atom stereocenters. The maximum Gasteiger partial charge on any atom is 0.145 e. The number of ether oxygens (including phenoxy) is 1. The van der Waals surface area contributed by atoms with E-state index < -0.39 is 0 Å². The first kappa shape index (κ1) is 16.8. The molecule has 0 aliphatic heterocycles. The van der Waals surface area contributed by atoms with Crippen LogP contribution in [-0.4, -0.2) is 30.2 Å². The second kappa shape index (κ2) is 5.95. The number of rotatable bonds is 3. The summed E-state index contributed by atoms with van der Waals surface area (Å²) in [7, 11) is 0. The van der Waals surface area contributed by atoms with Gasteiger partial charge in [-0.25, -0.2) is 0 Å². The van der Waals surface area contributed by atoms with Gasteiger partial charge in [0.2, 0.25) is 0 Å². The maximum atomic E-state index is 10.6. The standard InChI is InChI=1S/C21H32O3/c1-20-9-7-15(24-12-11-22)13-14(20)3-4-16-17-5-6-19(23)21(17,2)10-8-18(16)20/h11,13,15-19,23H,3-10,12H2,1-2H3. The van der Waals surface area contributed by atoms with Crippen LogP contribution in [0.5, 0.6) is 0 Å². The fourth-order valence-corrected chi connectivity index (χ4v) is 6.96. The van der Waals surface area contributed by atoms with Gasteiger partial charge in [0.1, 0.15) is 12.9 Å². The predicted molar refractivity (Wildman–Crippen MR) is 93.5 cm³/mol. The van der Waals surface area contributed by atoms with Crippen molar-refractivity contribution in [2.24, 2.45) is 28.6 Å². The molecule has 0 aromatic rings. The Morgan fingerprint density at radius 3 is 2.79 bits per heavy atom. The van der Waals surface area contributed by atoms with Crippen LogP contribution < -0.4 is 0 Å². The van der Waals surface area contributed by atoms with Crippen molar-refractivity contribution in [3.05, 3.63) is 11.6 Å².